The van der Waals surface area contributed by atoms with Crippen LogP contribution in [0.5, 0.6) is 11.5 Å². The van der Waals surface area contributed by atoms with Crippen molar-refractivity contribution >= 4 is 35.1 Å². The molecule has 1 aliphatic rings. The lowest BCUT2D eigenvalue weighted by Gasteiger charge is -2.11. The highest BCUT2D eigenvalue weighted by atomic mass is 35.5. The summed E-state index contributed by atoms with van der Waals surface area (Å²) in [5.74, 6) is 0.636. The van der Waals surface area contributed by atoms with Crippen LogP contribution in [0.25, 0.3) is 6.08 Å². The van der Waals surface area contributed by atoms with Crippen LogP contribution in [0.15, 0.2) is 60.4 Å². The van der Waals surface area contributed by atoms with Gasteiger partial charge in [-0.25, -0.2) is 4.39 Å². The summed E-state index contributed by atoms with van der Waals surface area (Å²) in [6.07, 6.45) is 1.59. The second-order valence-electron chi connectivity index (χ2n) is 6.59. The molecule has 0 spiro atoms. The van der Waals surface area contributed by atoms with E-state index in [0.717, 1.165) is 0 Å². The van der Waals surface area contributed by atoms with Crippen molar-refractivity contribution in [3.8, 4) is 11.5 Å². The molecule has 3 aromatic rings. The van der Waals surface area contributed by atoms with Crippen molar-refractivity contribution in [1.82, 2.24) is 0 Å². The summed E-state index contributed by atoms with van der Waals surface area (Å²) in [6, 6.07) is 14.6. The van der Waals surface area contributed by atoms with Crippen molar-refractivity contribution in [3.63, 3.8) is 0 Å². The molecule has 0 saturated carbocycles. The minimum absolute atomic E-state index is 0.176. The highest BCUT2D eigenvalue weighted by Crippen LogP contribution is 2.40. The molecule has 0 aliphatic carbocycles. The molecule has 6 heteroatoms. The third-order valence-corrected chi connectivity index (χ3v) is 5.13. The average Bonchev–Trinajstić information content (AvgIpc) is 3.00. The number of ether oxygens (including phenoxy) is 2. The Balaban J connectivity index is 1.59. The van der Waals surface area contributed by atoms with Gasteiger partial charge in [0, 0.05) is 15.6 Å². The first-order valence-electron chi connectivity index (χ1n) is 8.82. The van der Waals surface area contributed by atoms with Crippen LogP contribution >= 0.6 is 23.2 Å². The van der Waals surface area contributed by atoms with Crippen LogP contribution in [-0.2, 0) is 6.61 Å². The van der Waals surface area contributed by atoms with E-state index in [1.165, 1.54) is 12.1 Å². The Hall–Kier alpha value is -2.82. The molecule has 0 bridgehead atoms. The zero-order valence-electron chi connectivity index (χ0n) is 15.3. The highest BCUT2D eigenvalue weighted by Gasteiger charge is 2.30. The fourth-order valence-corrected chi connectivity index (χ4v) is 3.54. The van der Waals surface area contributed by atoms with E-state index in [-0.39, 0.29) is 24.0 Å². The molecule has 0 radical (unpaired) electrons. The topological polar surface area (TPSA) is 35.5 Å². The molecule has 0 aromatic heterocycles. The number of halogens is 3. The van der Waals surface area contributed by atoms with Crippen molar-refractivity contribution in [3.05, 3.63) is 98.5 Å². The maximum Gasteiger partial charge on any atom is 0.231 e. The van der Waals surface area contributed by atoms with Crippen LogP contribution in [0.2, 0.25) is 10.0 Å². The Morgan fingerprint density at radius 1 is 1.10 bits per heavy atom. The number of hydrogen-bond acceptors (Lipinski definition) is 3. The van der Waals surface area contributed by atoms with Crippen molar-refractivity contribution in [2.45, 2.75) is 13.5 Å². The minimum atomic E-state index is -0.318. The fraction of sp³-hybridized carbons (Fsp3) is 0.0870. The number of rotatable bonds is 4. The Labute approximate surface area is 177 Å². The standard InChI is InChI=1S/C23H15Cl2FO3/c1-13-20(28-12-14-3-2-4-17(26)9-14)8-7-18-22(27)21(29-23(13)18)10-15-5-6-16(24)11-19(15)25/h2-11H,12H2,1H3/b21-10-. The minimum Gasteiger partial charge on any atom is -0.488 e. The van der Waals surface area contributed by atoms with Crippen LogP contribution in [0.3, 0.4) is 0 Å². The van der Waals surface area contributed by atoms with Crippen LogP contribution in [-0.4, -0.2) is 5.78 Å². The Kier molecular flexibility index (Phi) is 5.31. The van der Waals surface area contributed by atoms with Gasteiger partial charge in [-0.15, -0.1) is 0 Å². The first-order chi connectivity index (χ1) is 13.9. The van der Waals surface area contributed by atoms with E-state index in [0.29, 0.717) is 43.8 Å². The van der Waals surface area contributed by atoms with E-state index in [2.05, 4.69) is 0 Å². The van der Waals surface area contributed by atoms with Gasteiger partial charge in [-0.05, 0) is 60.5 Å². The SMILES string of the molecule is Cc1c(OCc2cccc(F)c2)ccc2c1O/C(=C\c1ccc(Cl)cc1Cl)C2=O. The van der Waals surface area contributed by atoms with Gasteiger partial charge in [0.05, 0.1) is 5.56 Å². The molecule has 29 heavy (non-hydrogen) atoms. The van der Waals surface area contributed by atoms with Gasteiger partial charge in [0.1, 0.15) is 23.9 Å². The second-order valence-corrected chi connectivity index (χ2v) is 7.43. The first-order valence-corrected chi connectivity index (χ1v) is 9.58. The molecule has 0 fully saturated rings. The van der Waals surface area contributed by atoms with E-state index in [9.17, 15) is 9.18 Å². The Morgan fingerprint density at radius 2 is 1.93 bits per heavy atom. The molecule has 146 valence electrons. The lowest BCUT2D eigenvalue weighted by atomic mass is 10.1. The molecule has 0 atom stereocenters. The summed E-state index contributed by atoms with van der Waals surface area (Å²) in [5.41, 5.74) is 2.49. The highest BCUT2D eigenvalue weighted by molar-refractivity contribution is 6.35. The van der Waals surface area contributed by atoms with Crippen molar-refractivity contribution in [2.24, 2.45) is 0 Å². The summed E-state index contributed by atoms with van der Waals surface area (Å²) >= 11 is 12.1. The molecule has 4 rings (SSSR count). The third kappa shape index (κ3) is 4.00. The molecule has 0 saturated heterocycles. The van der Waals surface area contributed by atoms with Crippen LogP contribution in [0.1, 0.15) is 27.0 Å². The molecule has 0 unspecified atom stereocenters. The Bertz CT molecular complexity index is 1150. The van der Waals surface area contributed by atoms with E-state index in [4.69, 9.17) is 32.7 Å². The van der Waals surface area contributed by atoms with Crippen molar-refractivity contribution < 1.29 is 18.7 Å². The first kappa shape index (κ1) is 19.5. The van der Waals surface area contributed by atoms with Gasteiger partial charge in [-0.3, -0.25) is 4.79 Å². The third-order valence-electron chi connectivity index (χ3n) is 4.57. The number of carbonyl (C=O) groups is 1. The zero-order chi connectivity index (χ0) is 20.5. The van der Waals surface area contributed by atoms with Crippen LogP contribution < -0.4 is 9.47 Å². The maximum atomic E-state index is 13.3. The molecule has 0 N–H and O–H groups in total. The summed E-state index contributed by atoms with van der Waals surface area (Å²) < 4.78 is 25.0. The number of hydrogen-bond donors (Lipinski definition) is 0. The quantitative estimate of drug-likeness (QED) is 0.437. The number of benzene rings is 3. The number of allylic oxidation sites excluding steroid dienone is 1. The van der Waals surface area contributed by atoms with Gasteiger partial charge in [0.25, 0.3) is 0 Å². The van der Waals surface area contributed by atoms with E-state index < -0.39 is 0 Å². The van der Waals surface area contributed by atoms with Gasteiger partial charge in [0.15, 0.2) is 5.76 Å². The summed E-state index contributed by atoms with van der Waals surface area (Å²) in [5, 5.41) is 0.934. The van der Waals surface area contributed by atoms with Crippen molar-refractivity contribution in [1.29, 1.82) is 0 Å². The predicted octanol–water partition coefficient (Wildman–Crippen LogP) is 6.64. The molecular formula is C23H15Cl2FO3. The van der Waals surface area contributed by atoms with Gasteiger partial charge in [0.2, 0.25) is 5.78 Å². The van der Waals surface area contributed by atoms with E-state index in [1.54, 1.807) is 48.5 Å². The van der Waals surface area contributed by atoms with Gasteiger partial charge >= 0.3 is 0 Å². The molecule has 1 heterocycles. The number of fused-ring (bicyclic) bond motifs is 1. The zero-order valence-corrected chi connectivity index (χ0v) is 16.9. The Morgan fingerprint density at radius 3 is 2.69 bits per heavy atom. The molecule has 3 aromatic carbocycles. The number of Topliss-reactive ketones (excluding diaryl/α,β-unsaturated/α-hetero) is 1. The van der Waals surface area contributed by atoms with E-state index >= 15 is 0 Å². The smallest absolute Gasteiger partial charge is 0.231 e. The van der Waals surface area contributed by atoms with E-state index in [1.807, 2.05) is 6.92 Å². The maximum absolute atomic E-state index is 13.3. The van der Waals surface area contributed by atoms with Crippen molar-refractivity contribution in [2.75, 3.05) is 0 Å². The predicted molar refractivity (Wildman–Crippen MR) is 111 cm³/mol. The number of carbonyl (C=O) groups excluding carboxylic acids is 1. The van der Waals surface area contributed by atoms with Gasteiger partial charge in [-0.1, -0.05) is 41.4 Å². The lowest BCUT2D eigenvalue weighted by molar-refractivity contribution is 0.101. The van der Waals surface area contributed by atoms with Crippen LogP contribution in [0, 0.1) is 12.7 Å². The summed E-state index contributed by atoms with van der Waals surface area (Å²) in [7, 11) is 0. The largest absolute Gasteiger partial charge is 0.488 e. The fourth-order valence-electron chi connectivity index (χ4n) is 3.07. The molecule has 3 nitrogen and oxygen atoms in total. The summed E-state index contributed by atoms with van der Waals surface area (Å²) in [6.45, 7) is 2.01. The van der Waals surface area contributed by atoms with Gasteiger partial charge < -0.3 is 9.47 Å². The lowest BCUT2D eigenvalue weighted by Crippen LogP contribution is -1.98. The molecular weight excluding hydrogens is 414 g/mol. The monoisotopic (exact) mass is 428 g/mol. The molecule has 1 aliphatic heterocycles. The second kappa shape index (κ2) is 7.90. The average molecular weight is 429 g/mol. The van der Waals surface area contributed by atoms with Crippen LogP contribution in [0.4, 0.5) is 4.39 Å². The van der Waals surface area contributed by atoms with Gasteiger partial charge in [-0.2, -0.15) is 0 Å². The molecule has 0 amide bonds. The summed E-state index contributed by atoms with van der Waals surface area (Å²) in [4.78, 5) is 12.7. The number of ketones is 1. The normalized spacial score (nSPS) is 14.1.